The molecule has 2 aliphatic rings. The summed E-state index contributed by atoms with van der Waals surface area (Å²) in [6.07, 6.45) is 2.57. The molecular formula is C26H29N5O3. The molecule has 1 aliphatic carbocycles. The van der Waals surface area contributed by atoms with Crippen molar-refractivity contribution in [3.8, 4) is 34.7 Å². The summed E-state index contributed by atoms with van der Waals surface area (Å²) in [7, 11) is 0. The molecule has 0 amide bonds. The standard InChI is InChI=1S/C26H29N5O3/c1-16(2)33-24-9-6-17(12-18(24)13-27)26-29-25(30-34-26)22-5-3-4-21-20(22)7-8-23(21)28-15-31-11-10-19(32)14-31/h3-6,9,12,16,19,23,28,32H,7-8,10-11,14-15H2,1-2H3/t19-,23-/m1/s1. The minimum absolute atomic E-state index is 0.0200. The van der Waals surface area contributed by atoms with Gasteiger partial charge in [-0.2, -0.15) is 10.2 Å². The van der Waals surface area contributed by atoms with E-state index in [4.69, 9.17) is 9.26 Å². The third-order valence-electron chi connectivity index (χ3n) is 6.46. The normalized spacial score (nSPS) is 20.0. The van der Waals surface area contributed by atoms with Crippen molar-refractivity contribution in [3.05, 3.63) is 53.1 Å². The molecule has 2 aromatic carbocycles. The number of aliphatic hydroxyl groups excluding tert-OH is 1. The van der Waals surface area contributed by atoms with Crippen molar-refractivity contribution in [2.75, 3.05) is 19.8 Å². The number of nitriles is 1. The van der Waals surface area contributed by atoms with Gasteiger partial charge in [0.05, 0.1) is 17.8 Å². The van der Waals surface area contributed by atoms with E-state index in [9.17, 15) is 10.4 Å². The quantitative estimate of drug-likeness (QED) is 0.551. The zero-order valence-corrected chi connectivity index (χ0v) is 19.5. The van der Waals surface area contributed by atoms with Gasteiger partial charge in [0.2, 0.25) is 5.82 Å². The summed E-state index contributed by atoms with van der Waals surface area (Å²) in [5, 5.41) is 27.2. The second kappa shape index (κ2) is 9.55. The molecule has 2 heterocycles. The first kappa shape index (κ1) is 22.5. The van der Waals surface area contributed by atoms with Crippen molar-refractivity contribution in [1.82, 2.24) is 20.4 Å². The van der Waals surface area contributed by atoms with Crippen LogP contribution in [0.2, 0.25) is 0 Å². The summed E-state index contributed by atoms with van der Waals surface area (Å²) in [6, 6.07) is 14.0. The molecule has 2 N–H and O–H groups in total. The lowest BCUT2D eigenvalue weighted by Crippen LogP contribution is -2.34. The first-order valence-corrected chi connectivity index (χ1v) is 11.8. The molecule has 2 atom stereocenters. The second-order valence-electron chi connectivity index (χ2n) is 9.26. The number of likely N-dealkylation sites (tertiary alicyclic amines) is 1. The monoisotopic (exact) mass is 459 g/mol. The fourth-order valence-electron chi connectivity index (χ4n) is 4.83. The number of hydrogen-bond acceptors (Lipinski definition) is 8. The topological polar surface area (TPSA) is 107 Å². The first-order chi connectivity index (χ1) is 16.5. The number of aliphatic hydroxyl groups is 1. The van der Waals surface area contributed by atoms with Crippen LogP contribution < -0.4 is 10.1 Å². The predicted octanol–water partition coefficient (Wildman–Crippen LogP) is 3.66. The van der Waals surface area contributed by atoms with E-state index < -0.39 is 0 Å². The SMILES string of the molecule is CC(C)Oc1ccc(-c2nc(-c3cccc4c3CC[C@H]4NCN3CC[C@@H](O)C3)no2)cc1C#N. The Kier molecular flexibility index (Phi) is 6.33. The molecule has 1 aromatic heterocycles. The van der Waals surface area contributed by atoms with Crippen molar-refractivity contribution in [1.29, 1.82) is 5.26 Å². The molecule has 0 spiro atoms. The Morgan fingerprint density at radius 1 is 1.29 bits per heavy atom. The van der Waals surface area contributed by atoms with Gasteiger partial charge in [0.1, 0.15) is 11.8 Å². The summed E-state index contributed by atoms with van der Waals surface area (Å²) in [5.74, 6) is 1.47. The molecule has 176 valence electrons. The van der Waals surface area contributed by atoms with Crippen LogP contribution in [-0.4, -0.2) is 52.1 Å². The Morgan fingerprint density at radius 2 is 2.18 bits per heavy atom. The lowest BCUT2D eigenvalue weighted by Gasteiger charge is -2.20. The minimum Gasteiger partial charge on any atom is -0.490 e. The van der Waals surface area contributed by atoms with Crippen LogP contribution in [0, 0.1) is 11.3 Å². The van der Waals surface area contributed by atoms with Crippen molar-refractivity contribution < 1.29 is 14.4 Å². The van der Waals surface area contributed by atoms with E-state index in [1.165, 1.54) is 11.1 Å². The molecule has 8 nitrogen and oxygen atoms in total. The molecule has 1 saturated heterocycles. The van der Waals surface area contributed by atoms with Gasteiger partial charge in [-0.15, -0.1) is 0 Å². The van der Waals surface area contributed by atoms with E-state index in [1.807, 2.05) is 32.0 Å². The van der Waals surface area contributed by atoms with E-state index in [2.05, 4.69) is 32.5 Å². The van der Waals surface area contributed by atoms with Crippen LogP contribution in [0.1, 0.15) is 49.4 Å². The number of nitrogens with one attached hydrogen (secondary N) is 1. The number of aromatic nitrogens is 2. The Bertz CT molecular complexity index is 1220. The fraction of sp³-hybridized carbons (Fsp3) is 0.423. The lowest BCUT2D eigenvalue weighted by atomic mass is 10.0. The number of hydrogen-bond donors (Lipinski definition) is 2. The number of β-amino-alcohol motifs (C(OH)–C–C–N with tert-alkyl or cyclic N) is 1. The molecule has 0 unspecified atom stereocenters. The number of benzene rings is 2. The van der Waals surface area contributed by atoms with Crippen LogP contribution >= 0.6 is 0 Å². The Balaban J connectivity index is 1.35. The van der Waals surface area contributed by atoms with Gasteiger partial charge in [-0.3, -0.25) is 10.2 Å². The van der Waals surface area contributed by atoms with E-state index in [1.54, 1.807) is 12.1 Å². The van der Waals surface area contributed by atoms with Gasteiger partial charge in [0.15, 0.2) is 0 Å². The molecule has 3 aromatic rings. The number of fused-ring (bicyclic) bond motifs is 1. The van der Waals surface area contributed by atoms with Gasteiger partial charge < -0.3 is 14.4 Å². The van der Waals surface area contributed by atoms with Gasteiger partial charge in [0, 0.05) is 36.9 Å². The summed E-state index contributed by atoms with van der Waals surface area (Å²) in [4.78, 5) is 6.91. The Morgan fingerprint density at radius 3 is 2.94 bits per heavy atom. The lowest BCUT2D eigenvalue weighted by molar-refractivity contribution is 0.171. The Hall–Kier alpha value is -3.25. The number of rotatable bonds is 7. The van der Waals surface area contributed by atoms with Gasteiger partial charge in [-0.25, -0.2) is 0 Å². The average molecular weight is 460 g/mol. The van der Waals surface area contributed by atoms with Crippen LogP contribution in [0.15, 0.2) is 40.9 Å². The third-order valence-corrected chi connectivity index (χ3v) is 6.46. The molecule has 0 saturated carbocycles. The van der Waals surface area contributed by atoms with Crippen molar-refractivity contribution in [3.63, 3.8) is 0 Å². The largest absolute Gasteiger partial charge is 0.490 e. The molecule has 8 heteroatoms. The highest BCUT2D eigenvalue weighted by molar-refractivity contribution is 5.67. The summed E-state index contributed by atoms with van der Waals surface area (Å²) in [6.45, 7) is 6.28. The average Bonchev–Trinajstić information content (AvgIpc) is 3.57. The molecule has 0 bridgehead atoms. The minimum atomic E-state index is -0.208. The first-order valence-electron chi connectivity index (χ1n) is 11.8. The van der Waals surface area contributed by atoms with Crippen molar-refractivity contribution in [2.45, 2.75) is 51.4 Å². The maximum atomic E-state index is 9.76. The Labute approximate surface area is 199 Å². The van der Waals surface area contributed by atoms with Gasteiger partial charge in [-0.1, -0.05) is 23.4 Å². The van der Waals surface area contributed by atoms with Gasteiger partial charge in [-0.05, 0) is 62.4 Å². The number of ether oxygens (including phenoxy) is 1. The van der Waals surface area contributed by atoms with E-state index in [0.717, 1.165) is 44.6 Å². The predicted molar refractivity (Wildman–Crippen MR) is 127 cm³/mol. The van der Waals surface area contributed by atoms with Crippen LogP contribution in [0.4, 0.5) is 0 Å². The van der Waals surface area contributed by atoms with E-state index >= 15 is 0 Å². The van der Waals surface area contributed by atoms with E-state index in [0.29, 0.717) is 28.6 Å². The number of nitrogens with zero attached hydrogens (tertiary/aromatic N) is 4. The second-order valence-corrected chi connectivity index (χ2v) is 9.26. The van der Waals surface area contributed by atoms with Crippen LogP contribution in [0.3, 0.4) is 0 Å². The molecule has 0 radical (unpaired) electrons. The third kappa shape index (κ3) is 4.55. The highest BCUT2D eigenvalue weighted by atomic mass is 16.5. The molecule has 1 fully saturated rings. The van der Waals surface area contributed by atoms with Gasteiger partial charge in [0.25, 0.3) is 5.89 Å². The maximum absolute atomic E-state index is 9.76. The molecule has 5 rings (SSSR count). The summed E-state index contributed by atoms with van der Waals surface area (Å²) < 4.78 is 11.3. The van der Waals surface area contributed by atoms with Crippen LogP contribution in [0.25, 0.3) is 22.8 Å². The zero-order chi connectivity index (χ0) is 23.7. The zero-order valence-electron chi connectivity index (χ0n) is 19.5. The fourth-order valence-corrected chi connectivity index (χ4v) is 4.83. The van der Waals surface area contributed by atoms with Crippen molar-refractivity contribution in [2.24, 2.45) is 0 Å². The van der Waals surface area contributed by atoms with Crippen LogP contribution in [0.5, 0.6) is 5.75 Å². The highest BCUT2D eigenvalue weighted by Gasteiger charge is 2.28. The maximum Gasteiger partial charge on any atom is 0.258 e. The molecule has 1 aliphatic heterocycles. The highest BCUT2D eigenvalue weighted by Crippen LogP contribution is 2.37. The van der Waals surface area contributed by atoms with Gasteiger partial charge >= 0.3 is 0 Å². The smallest absolute Gasteiger partial charge is 0.258 e. The van der Waals surface area contributed by atoms with Crippen LogP contribution in [-0.2, 0) is 6.42 Å². The summed E-state index contributed by atoms with van der Waals surface area (Å²) >= 11 is 0. The molecule has 34 heavy (non-hydrogen) atoms. The van der Waals surface area contributed by atoms with Crippen molar-refractivity contribution >= 4 is 0 Å². The summed E-state index contributed by atoms with van der Waals surface area (Å²) in [5.41, 5.74) is 4.61. The van der Waals surface area contributed by atoms with E-state index in [-0.39, 0.29) is 18.2 Å². The molecular weight excluding hydrogens is 430 g/mol.